The molecule has 3 nitrogen and oxygen atoms in total. The smallest absolute Gasteiger partial charge is 0.251 e. The van der Waals surface area contributed by atoms with Crippen molar-refractivity contribution in [3.05, 3.63) is 89.5 Å². The Morgan fingerprint density at radius 2 is 1.93 bits per heavy atom. The van der Waals surface area contributed by atoms with Crippen LogP contribution in [-0.2, 0) is 0 Å². The van der Waals surface area contributed by atoms with E-state index in [4.69, 9.17) is 0 Å². The first-order valence-electron chi connectivity index (χ1n) is 10.6. The van der Waals surface area contributed by atoms with Gasteiger partial charge in [-0.15, -0.1) is 0 Å². The number of nitrogens with one attached hydrogen (secondary N) is 2. The molecule has 0 saturated carbocycles. The average Bonchev–Trinajstić information content (AvgIpc) is 3.26. The van der Waals surface area contributed by atoms with E-state index in [1.807, 2.05) is 6.07 Å². The van der Waals surface area contributed by atoms with Crippen LogP contribution in [0.5, 0.6) is 0 Å². The highest BCUT2D eigenvalue weighted by Crippen LogP contribution is 2.50. The minimum absolute atomic E-state index is 0.0179. The SMILES string of the molecule is CCCNC(=O)c1ccc2c(c1)C1C=CCC1C(c1cccc3ccccc13)N2. The van der Waals surface area contributed by atoms with Gasteiger partial charge in [0.1, 0.15) is 0 Å². The monoisotopic (exact) mass is 382 g/mol. The van der Waals surface area contributed by atoms with Gasteiger partial charge in [-0.05, 0) is 58.9 Å². The van der Waals surface area contributed by atoms with Gasteiger partial charge in [0.25, 0.3) is 5.91 Å². The second-order valence-electron chi connectivity index (χ2n) is 8.10. The van der Waals surface area contributed by atoms with Gasteiger partial charge in [0, 0.05) is 23.7 Å². The predicted octanol–water partition coefficient (Wildman–Crippen LogP) is 5.81. The molecule has 0 fully saturated rings. The third-order valence-electron chi connectivity index (χ3n) is 6.32. The largest absolute Gasteiger partial charge is 0.378 e. The van der Waals surface area contributed by atoms with E-state index in [0.29, 0.717) is 18.4 Å². The van der Waals surface area contributed by atoms with E-state index >= 15 is 0 Å². The molecule has 1 aliphatic heterocycles. The van der Waals surface area contributed by atoms with Crippen LogP contribution >= 0.6 is 0 Å². The summed E-state index contributed by atoms with van der Waals surface area (Å²) in [5, 5.41) is 9.40. The minimum Gasteiger partial charge on any atom is -0.378 e. The summed E-state index contributed by atoms with van der Waals surface area (Å²) in [6, 6.07) is 21.6. The van der Waals surface area contributed by atoms with Crippen LogP contribution in [0.4, 0.5) is 5.69 Å². The van der Waals surface area contributed by atoms with Crippen LogP contribution in [0.3, 0.4) is 0 Å². The van der Waals surface area contributed by atoms with Crippen LogP contribution in [0.15, 0.2) is 72.8 Å². The Hall–Kier alpha value is -3.07. The van der Waals surface area contributed by atoms with Gasteiger partial charge in [-0.1, -0.05) is 61.5 Å². The van der Waals surface area contributed by atoms with Crippen molar-refractivity contribution in [1.82, 2.24) is 5.32 Å². The summed E-state index contributed by atoms with van der Waals surface area (Å²) in [6.45, 7) is 2.78. The van der Waals surface area contributed by atoms with Gasteiger partial charge in [0.05, 0.1) is 6.04 Å². The zero-order valence-electron chi connectivity index (χ0n) is 16.7. The Balaban J connectivity index is 1.54. The molecule has 3 aromatic carbocycles. The highest BCUT2D eigenvalue weighted by molar-refractivity contribution is 5.95. The van der Waals surface area contributed by atoms with Crippen LogP contribution in [0.25, 0.3) is 10.8 Å². The second-order valence-corrected chi connectivity index (χ2v) is 8.10. The van der Waals surface area contributed by atoms with Crippen molar-refractivity contribution in [1.29, 1.82) is 0 Å². The summed E-state index contributed by atoms with van der Waals surface area (Å²) in [5.41, 5.74) is 4.49. The Kier molecular flexibility index (Phi) is 4.59. The van der Waals surface area contributed by atoms with Crippen LogP contribution in [0.1, 0.15) is 53.2 Å². The molecule has 0 radical (unpaired) electrons. The number of carbonyl (C=O) groups excluding carboxylic acids is 1. The summed E-state index contributed by atoms with van der Waals surface area (Å²) in [7, 11) is 0. The third-order valence-corrected chi connectivity index (χ3v) is 6.32. The van der Waals surface area contributed by atoms with Crippen molar-refractivity contribution in [2.45, 2.75) is 31.7 Å². The van der Waals surface area contributed by atoms with Gasteiger partial charge in [0.2, 0.25) is 0 Å². The Bertz CT molecular complexity index is 1100. The number of fused-ring (bicyclic) bond motifs is 4. The first kappa shape index (κ1) is 18.0. The number of carbonyl (C=O) groups is 1. The molecule has 2 N–H and O–H groups in total. The van der Waals surface area contributed by atoms with Crippen LogP contribution in [-0.4, -0.2) is 12.5 Å². The highest BCUT2D eigenvalue weighted by Gasteiger charge is 2.38. The maximum atomic E-state index is 12.5. The molecule has 1 heterocycles. The number of hydrogen-bond donors (Lipinski definition) is 2. The van der Waals surface area contributed by atoms with E-state index in [0.717, 1.165) is 24.1 Å². The summed E-state index contributed by atoms with van der Waals surface area (Å²) >= 11 is 0. The zero-order chi connectivity index (χ0) is 19.8. The van der Waals surface area contributed by atoms with Gasteiger partial charge in [-0.2, -0.15) is 0 Å². The van der Waals surface area contributed by atoms with Crippen LogP contribution in [0, 0.1) is 5.92 Å². The molecule has 3 heteroatoms. The van der Waals surface area contributed by atoms with Crippen LogP contribution in [0.2, 0.25) is 0 Å². The molecule has 3 aromatic rings. The minimum atomic E-state index is 0.0179. The molecule has 0 spiro atoms. The van der Waals surface area contributed by atoms with Gasteiger partial charge in [-0.25, -0.2) is 0 Å². The highest BCUT2D eigenvalue weighted by atomic mass is 16.1. The van der Waals surface area contributed by atoms with E-state index < -0.39 is 0 Å². The fraction of sp³-hybridized carbons (Fsp3) is 0.269. The number of rotatable bonds is 4. The molecule has 29 heavy (non-hydrogen) atoms. The molecular weight excluding hydrogens is 356 g/mol. The van der Waals surface area contributed by atoms with Crippen molar-refractivity contribution < 1.29 is 4.79 Å². The molecule has 5 rings (SSSR count). The maximum absolute atomic E-state index is 12.5. The van der Waals surface area contributed by atoms with Crippen LogP contribution < -0.4 is 10.6 Å². The first-order valence-corrected chi connectivity index (χ1v) is 10.6. The van der Waals surface area contributed by atoms with Crippen molar-refractivity contribution in [2.75, 3.05) is 11.9 Å². The van der Waals surface area contributed by atoms with Gasteiger partial charge in [-0.3, -0.25) is 4.79 Å². The molecule has 0 saturated heterocycles. The summed E-state index contributed by atoms with van der Waals surface area (Å²) in [5.74, 6) is 0.820. The number of hydrogen-bond acceptors (Lipinski definition) is 2. The van der Waals surface area contributed by atoms with Crippen molar-refractivity contribution in [2.24, 2.45) is 5.92 Å². The molecule has 0 aromatic heterocycles. The lowest BCUT2D eigenvalue weighted by Crippen LogP contribution is -2.30. The second kappa shape index (κ2) is 7.40. The number of amides is 1. The van der Waals surface area contributed by atoms with Crippen molar-refractivity contribution >= 4 is 22.4 Å². The first-order chi connectivity index (χ1) is 14.3. The third kappa shape index (κ3) is 3.11. The standard InChI is InChI=1S/C26H26N2O/c1-2-15-27-26(29)18-13-14-24-23(16-18)20-10-6-12-22(20)25(28-24)21-11-5-8-17-7-3-4-9-19(17)21/h3-11,13-14,16,20,22,25,28H,2,12,15H2,1H3,(H,27,29). The number of allylic oxidation sites excluding steroid dienone is 2. The molecule has 1 amide bonds. The fourth-order valence-electron chi connectivity index (χ4n) is 4.91. The quantitative estimate of drug-likeness (QED) is 0.559. The molecule has 3 atom stereocenters. The molecule has 0 bridgehead atoms. The lowest BCUT2D eigenvalue weighted by Gasteiger charge is -2.38. The van der Waals surface area contributed by atoms with E-state index in [9.17, 15) is 4.79 Å². The van der Waals surface area contributed by atoms with Gasteiger partial charge < -0.3 is 10.6 Å². The summed E-state index contributed by atoms with van der Waals surface area (Å²) in [6.07, 6.45) is 6.62. The Morgan fingerprint density at radius 1 is 1.07 bits per heavy atom. The van der Waals surface area contributed by atoms with Crippen molar-refractivity contribution in [3.63, 3.8) is 0 Å². The van der Waals surface area contributed by atoms with Gasteiger partial charge >= 0.3 is 0 Å². The topological polar surface area (TPSA) is 41.1 Å². The lowest BCUT2D eigenvalue weighted by atomic mass is 9.76. The van der Waals surface area contributed by atoms with E-state index in [1.54, 1.807) is 0 Å². The molecular formula is C26H26N2O. The molecule has 3 unspecified atom stereocenters. The molecule has 146 valence electrons. The molecule has 2 aliphatic rings. The predicted molar refractivity (Wildman–Crippen MR) is 119 cm³/mol. The average molecular weight is 383 g/mol. The lowest BCUT2D eigenvalue weighted by molar-refractivity contribution is 0.0953. The molecule has 1 aliphatic carbocycles. The maximum Gasteiger partial charge on any atom is 0.251 e. The Labute approximate surface area is 171 Å². The number of benzene rings is 3. The van der Waals surface area contributed by atoms with E-state index in [-0.39, 0.29) is 11.9 Å². The zero-order valence-corrected chi connectivity index (χ0v) is 16.7. The Morgan fingerprint density at radius 3 is 2.83 bits per heavy atom. The summed E-state index contributed by atoms with van der Waals surface area (Å²) < 4.78 is 0. The van der Waals surface area contributed by atoms with Crippen molar-refractivity contribution in [3.8, 4) is 0 Å². The van der Waals surface area contributed by atoms with E-state index in [2.05, 4.69) is 84.3 Å². The number of anilines is 1. The van der Waals surface area contributed by atoms with E-state index in [1.165, 1.54) is 21.9 Å². The summed E-state index contributed by atoms with van der Waals surface area (Å²) in [4.78, 5) is 12.5. The fourth-order valence-corrected chi connectivity index (χ4v) is 4.91. The van der Waals surface area contributed by atoms with Gasteiger partial charge in [0.15, 0.2) is 0 Å². The normalized spacial score (nSPS) is 22.0.